The predicted octanol–water partition coefficient (Wildman–Crippen LogP) is -0.0648. The van der Waals surface area contributed by atoms with Crippen molar-refractivity contribution in [2.75, 3.05) is 19.8 Å². The maximum absolute atomic E-state index is 12.1. The highest BCUT2D eigenvalue weighted by atomic mass is 16.8. The Morgan fingerprint density at radius 2 is 1.13 bits per heavy atom. The highest BCUT2D eigenvalue weighted by molar-refractivity contribution is 6.03. The van der Waals surface area contributed by atoms with Crippen molar-refractivity contribution >= 4 is 71.6 Å². The summed E-state index contributed by atoms with van der Waals surface area (Å²) in [5.74, 6) is -17.6. The Bertz CT molecular complexity index is 2300. The normalized spacial score (nSPS) is 37.2. The Kier molecular flexibility index (Phi) is 12.3. The molecule has 14 atom stereocenters. The van der Waals surface area contributed by atoms with Crippen molar-refractivity contribution < 1.29 is 115 Å². The second kappa shape index (κ2) is 17.3. The number of esters is 9. The molecule has 14 unspecified atom stereocenters. The lowest BCUT2D eigenvalue weighted by molar-refractivity contribution is -0.227. The van der Waals surface area contributed by atoms with E-state index < -0.39 is 156 Å². The van der Waals surface area contributed by atoms with Crippen molar-refractivity contribution in [1.29, 1.82) is 0 Å². The molecular weight excluding hydrogens is 900 g/mol. The molecule has 0 radical (unpaired) electrons. The number of carbonyl (C=O) groups excluding carboxylic acids is 9. The van der Waals surface area contributed by atoms with Crippen molar-refractivity contribution in [1.82, 2.24) is 0 Å². The third kappa shape index (κ3) is 7.83. The molecular formula is C43H44O24. The molecule has 6 saturated carbocycles. The summed E-state index contributed by atoms with van der Waals surface area (Å²) in [4.78, 5) is 139. The molecule has 0 spiro atoms. The molecule has 9 aliphatic rings. The largest absolute Gasteiger partial charge is 0.481 e. The molecule has 3 saturated heterocycles. The van der Waals surface area contributed by atoms with E-state index >= 15 is 0 Å². The number of carbonyl (C=O) groups is 12. The number of aliphatic carboxylic acids is 3. The first kappa shape index (κ1) is 47.8. The topological polar surface area (TPSA) is 349 Å². The van der Waals surface area contributed by atoms with Gasteiger partial charge < -0.3 is 58.0 Å². The fraction of sp³-hybridized carbons (Fsp3) is 0.581. The summed E-state index contributed by atoms with van der Waals surface area (Å²) < 4.78 is 45.0. The van der Waals surface area contributed by atoms with Crippen molar-refractivity contribution in [3.05, 3.63) is 37.5 Å². The lowest BCUT2D eigenvalue weighted by atomic mass is 9.73. The number of ether oxygens (including phenoxy) is 9. The van der Waals surface area contributed by atoms with Crippen LogP contribution in [0.5, 0.6) is 0 Å². The summed E-state index contributed by atoms with van der Waals surface area (Å²) in [6.07, 6.45) is 2.76. The number of rotatable bonds is 15. The average Bonchev–Trinajstić information content (AvgIpc) is 4.14. The second-order valence-corrected chi connectivity index (χ2v) is 17.8. The van der Waals surface area contributed by atoms with Crippen molar-refractivity contribution in [2.24, 2.45) is 58.2 Å². The van der Waals surface area contributed by atoms with E-state index in [1.807, 2.05) is 0 Å². The Labute approximate surface area is 377 Å². The standard InChI is InChI=1S/C15H16O8.2C14H14O8/c1-7(2)11(17)21-6-10(16)22-15-5-8-3-9(15)14(4-8,12(18)19)13(20)23-15;1-2-9(15)20-6-10(16)21-14-5-7-3-8(14)13(4-7,11(17)18)12(19)22-14;1-2-7(15)20-4-8(16)21-11-5-3-6-10(9(5)13(17)18)14(19)22-12(6)11/h8-9H,1,3-6H2,2H3,(H,18,19);2,7-8H,1,3-6H2,(H,17,18);2,5-6,9-12H,1,3-4H2,(H,17,18). The molecule has 3 aliphatic heterocycles. The molecule has 0 aromatic heterocycles. The van der Waals surface area contributed by atoms with Crippen LogP contribution in [0.25, 0.3) is 0 Å². The van der Waals surface area contributed by atoms with Crippen LogP contribution in [-0.2, 0) is 100 Å². The number of carboxylic acid groups (broad SMARTS) is 3. The average molecular weight is 945 g/mol. The van der Waals surface area contributed by atoms with Crippen molar-refractivity contribution in [2.45, 2.75) is 75.7 Å². The SMILES string of the molecule is C=C(C)C(=O)OCC(=O)OC12CC3CC1C(C(=O)O)(C3)C(=O)O2.C=CC(=O)OCC(=O)OC12CC3CC1C(C(=O)O)(C3)C(=O)O2.C=CC(=O)OCC(=O)OC1C2CC3C1OC(=O)C3C2C(=O)O. The van der Waals surface area contributed by atoms with E-state index in [1.165, 1.54) is 6.92 Å². The van der Waals surface area contributed by atoms with Gasteiger partial charge in [0.05, 0.1) is 23.7 Å². The van der Waals surface area contributed by atoms with Gasteiger partial charge in [-0.15, -0.1) is 0 Å². The van der Waals surface area contributed by atoms with Crippen molar-refractivity contribution in [3.63, 3.8) is 0 Å². The van der Waals surface area contributed by atoms with Crippen LogP contribution < -0.4 is 0 Å². The van der Waals surface area contributed by atoms with Gasteiger partial charge in [0.15, 0.2) is 30.7 Å². The first-order valence-electron chi connectivity index (χ1n) is 20.9. The summed E-state index contributed by atoms with van der Waals surface area (Å²) in [5, 5.41) is 28.2. The van der Waals surface area contributed by atoms with Crippen LogP contribution in [0.15, 0.2) is 37.5 Å². The molecule has 24 nitrogen and oxygen atoms in total. The second-order valence-electron chi connectivity index (χ2n) is 17.8. The van der Waals surface area contributed by atoms with Gasteiger partial charge in [-0.1, -0.05) is 19.7 Å². The molecule has 24 heteroatoms. The van der Waals surface area contributed by atoms with Crippen LogP contribution >= 0.6 is 0 Å². The lowest BCUT2D eigenvalue weighted by Gasteiger charge is -2.32. The zero-order valence-electron chi connectivity index (χ0n) is 35.5. The van der Waals surface area contributed by atoms with Gasteiger partial charge >= 0.3 is 71.6 Å². The van der Waals surface area contributed by atoms with E-state index in [2.05, 4.69) is 33.9 Å². The predicted molar refractivity (Wildman–Crippen MR) is 206 cm³/mol. The van der Waals surface area contributed by atoms with Crippen LogP contribution in [0.2, 0.25) is 0 Å². The minimum Gasteiger partial charge on any atom is -0.481 e. The van der Waals surface area contributed by atoms with Gasteiger partial charge in [0, 0.05) is 42.4 Å². The van der Waals surface area contributed by atoms with Crippen molar-refractivity contribution in [3.8, 4) is 0 Å². The minimum absolute atomic E-state index is 0.0453. The van der Waals surface area contributed by atoms with Gasteiger partial charge in [-0.3, -0.25) is 28.8 Å². The van der Waals surface area contributed by atoms with Crippen LogP contribution in [0.3, 0.4) is 0 Å². The third-order valence-corrected chi connectivity index (χ3v) is 14.1. The monoisotopic (exact) mass is 944 g/mol. The molecule has 67 heavy (non-hydrogen) atoms. The number of fused-ring (bicyclic) bond motifs is 3. The molecule has 360 valence electrons. The maximum atomic E-state index is 12.1. The molecule has 0 aromatic rings. The molecule has 9 fully saturated rings. The quantitative estimate of drug-likeness (QED) is 0.0837. The smallest absolute Gasteiger partial charge is 0.347 e. The molecule has 3 N–H and O–H groups in total. The highest BCUT2D eigenvalue weighted by Crippen LogP contribution is 2.68. The van der Waals surface area contributed by atoms with Gasteiger partial charge in [0.1, 0.15) is 12.2 Å². The van der Waals surface area contributed by atoms with Gasteiger partial charge in [0.2, 0.25) is 0 Å². The van der Waals surface area contributed by atoms with Gasteiger partial charge in [0.25, 0.3) is 11.6 Å². The summed E-state index contributed by atoms with van der Waals surface area (Å²) in [6.45, 7) is 9.29. The number of hydrogen-bond acceptors (Lipinski definition) is 21. The lowest BCUT2D eigenvalue weighted by Crippen LogP contribution is -2.46. The number of carboxylic acids is 3. The fourth-order valence-electron chi connectivity index (χ4n) is 11.8. The van der Waals surface area contributed by atoms with Gasteiger partial charge in [-0.25, -0.2) is 28.8 Å². The first-order chi connectivity index (χ1) is 31.5. The summed E-state index contributed by atoms with van der Waals surface area (Å²) >= 11 is 0. The van der Waals surface area contributed by atoms with Gasteiger partial charge in [-0.2, -0.15) is 0 Å². The molecule has 0 amide bonds. The highest BCUT2D eigenvalue weighted by Gasteiger charge is 2.80. The van der Waals surface area contributed by atoms with Crippen LogP contribution in [-0.4, -0.2) is 131 Å². The summed E-state index contributed by atoms with van der Waals surface area (Å²) in [7, 11) is 0. The molecule has 3 heterocycles. The Morgan fingerprint density at radius 3 is 1.55 bits per heavy atom. The molecule has 6 bridgehead atoms. The van der Waals surface area contributed by atoms with Crippen LogP contribution in [0, 0.1) is 58.2 Å². The van der Waals surface area contributed by atoms with E-state index in [4.69, 9.17) is 28.4 Å². The molecule has 9 rings (SSSR count). The maximum Gasteiger partial charge on any atom is 0.347 e. The van der Waals surface area contributed by atoms with Crippen LogP contribution in [0.1, 0.15) is 51.9 Å². The summed E-state index contributed by atoms with van der Waals surface area (Å²) in [5.41, 5.74) is -3.12. The van der Waals surface area contributed by atoms with Gasteiger partial charge in [-0.05, 0) is 50.9 Å². The Morgan fingerprint density at radius 1 is 0.672 bits per heavy atom. The molecule has 0 aromatic carbocycles. The Hall–Kier alpha value is -7.14. The first-order valence-corrected chi connectivity index (χ1v) is 20.9. The van der Waals surface area contributed by atoms with Crippen LogP contribution in [0.4, 0.5) is 0 Å². The summed E-state index contributed by atoms with van der Waals surface area (Å²) in [6, 6.07) is 0. The third-order valence-electron chi connectivity index (χ3n) is 14.1. The van der Waals surface area contributed by atoms with E-state index in [1.54, 1.807) is 0 Å². The number of hydrogen-bond donors (Lipinski definition) is 3. The zero-order chi connectivity index (χ0) is 49.1. The fourth-order valence-corrected chi connectivity index (χ4v) is 11.8. The van der Waals surface area contributed by atoms with E-state index in [-0.39, 0.29) is 49.0 Å². The van der Waals surface area contributed by atoms with E-state index in [0.29, 0.717) is 19.3 Å². The molecule has 6 aliphatic carbocycles. The zero-order valence-corrected chi connectivity index (χ0v) is 35.5. The Balaban J connectivity index is 0.000000149. The van der Waals surface area contributed by atoms with E-state index in [0.717, 1.165) is 12.2 Å². The van der Waals surface area contributed by atoms with E-state index in [9.17, 15) is 72.9 Å². The minimum atomic E-state index is -1.63.